The first-order valence-corrected chi connectivity index (χ1v) is 5.01. The van der Waals surface area contributed by atoms with E-state index in [1.165, 1.54) is 0 Å². The molecular weight excluding hydrogens is 196 g/mol. The van der Waals surface area contributed by atoms with Gasteiger partial charge in [0.25, 0.3) is 5.56 Å². The Labute approximate surface area is 86.8 Å². The average molecular weight is 206 g/mol. The van der Waals surface area contributed by atoms with Gasteiger partial charge in [0, 0.05) is 12.3 Å². The van der Waals surface area contributed by atoms with Gasteiger partial charge < -0.3 is 0 Å². The predicted molar refractivity (Wildman–Crippen MR) is 59.9 cm³/mol. The highest BCUT2D eigenvalue weighted by molar-refractivity contribution is 7.80. The molecule has 0 amide bonds. The van der Waals surface area contributed by atoms with Crippen LogP contribution in [0.1, 0.15) is 0 Å². The Bertz CT molecular complexity index is 507. The first kappa shape index (κ1) is 9.27. The Kier molecular flexibility index (Phi) is 2.54. The number of hydrogen-bond donors (Lipinski definition) is 1. The molecule has 0 spiro atoms. The lowest BCUT2D eigenvalue weighted by molar-refractivity contribution is 0.726. The van der Waals surface area contributed by atoms with Crippen molar-refractivity contribution in [2.45, 2.75) is 6.54 Å². The molecule has 0 N–H and O–H groups in total. The Balaban J connectivity index is 2.69. The molecule has 1 heterocycles. The summed E-state index contributed by atoms with van der Waals surface area (Å²) in [4.78, 5) is 16.0. The summed E-state index contributed by atoms with van der Waals surface area (Å²) in [5, 5.41) is 0.664. The summed E-state index contributed by atoms with van der Waals surface area (Å²) in [7, 11) is 0. The standard InChI is InChI=1S/C10H10N2OS/c13-10-8-3-1-2-4-9(8)11-7-12(10)5-6-14/h1-4,7,14H,5-6H2. The maximum absolute atomic E-state index is 11.8. The molecule has 3 nitrogen and oxygen atoms in total. The van der Waals surface area contributed by atoms with Crippen LogP contribution in [0.15, 0.2) is 35.4 Å². The molecule has 0 aliphatic rings. The number of aryl methyl sites for hydroxylation is 1. The summed E-state index contributed by atoms with van der Waals surface area (Å²) in [6, 6.07) is 7.34. The van der Waals surface area contributed by atoms with Crippen molar-refractivity contribution >= 4 is 23.5 Å². The molecule has 72 valence electrons. The van der Waals surface area contributed by atoms with Crippen molar-refractivity contribution in [3.8, 4) is 0 Å². The van der Waals surface area contributed by atoms with Gasteiger partial charge in [0.2, 0.25) is 0 Å². The number of nitrogens with zero attached hydrogens (tertiary/aromatic N) is 2. The molecule has 0 radical (unpaired) electrons. The third kappa shape index (κ3) is 1.53. The van der Waals surface area contributed by atoms with Crippen LogP contribution in [-0.4, -0.2) is 15.3 Å². The van der Waals surface area contributed by atoms with Crippen LogP contribution < -0.4 is 5.56 Å². The molecule has 0 atom stereocenters. The Morgan fingerprint density at radius 1 is 1.36 bits per heavy atom. The minimum absolute atomic E-state index is 0.00431. The summed E-state index contributed by atoms with van der Waals surface area (Å²) in [5.41, 5.74) is 0.748. The lowest BCUT2D eigenvalue weighted by atomic mass is 10.2. The van der Waals surface area contributed by atoms with E-state index < -0.39 is 0 Å². The van der Waals surface area contributed by atoms with Gasteiger partial charge in [-0.15, -0.1) is 0 Å². The molecule has 2 rings (SSSR count). The second kappa shape index (κ2) is 3.84. The zero-order chi connectivity index (χ0) is 9.97. The first-order valence-electron chi connectivity index (χ1n) is 4.38. The van der Waals surface area contributed by atoms with Gasteiger partial charge in [-0.05, 0) is 12.1 Å². The van der Waals surface area contributed by atoms with Crippen molar-refractivity contribution in [2.24, 2.45) is 0 Å². The molecule has 0 unspecified atom stereocenters. The topological polar surface area (TPSA) is 34.9 Å². The van der Waals surface area contributed by atoms with Crippen LogP contribution in [-0.2, 0) is 6.54 Å². The minimum Gasteiger partial charge on any atom is -0.298 e. The molecule has 0 aliphatic heterocycles. The second-order valence-corrected chi connectivity index (χ2v) is 3.43. The number of hydrogen-bond acceptors (Lipinski definition) is 3. The van der Waals surface area contributed by atoms with Crippen LogP contribution >= 0.6 is 12.6 Å². The third-order valence-corrected chi connectivity index (χ3v) is 2.27. The SMILES string of the molecule is O=c1c2ccccc2ncn1CCS. The highest BCUT2D eigenvalue weighted by Crippen LogP contribution is 2.04. The molecule has 4 heteroatoms. The van der Waals surface area contributed by atoms with Gasteiger partial charge in [0.15, 0.2) is 0 Å². The van der Waals surface area contributed by atoms with E-state index in [9.17, 15) is 4.79 Å². The number of thiol groups is 1. The van der Waals surface area contributed by atoms with E-state index in [0.29, 0.717) is 17.7 Å². The monoisotopic (exact) mass is 206 g/mol. The number of fused-ring (bicyclic) bond motifs is 1. The van der Waals surface area contributed by atoms with Gasteiger partial charge in [-0.25, -0.2) is 4.98 Å². The molecule has 0 aliphatic carbocycles. The van der Waals surface area contributed by atoms with Crippen LogP contribution in [0.5, 0.6) is 0 Å². The fraction of sp³-hybridized carbons (Fsp3) is 0.200. The van der Waals surface area contributed by atoms with Crippen molar-refractivity contribution in [3.63, 3.8) is 0 Å². The van der Waals surface area contributed by atoms with Crippen LogP contribution in [0.2, 0.25) is 0 Å². The smallest absolute Gasteiger partial charge is 0.261 e. The Hall–Kier alpha value is -1.29. The van der Waals surface area contributed by atoms with E-state index in [0.717, 1.165) is 5.52 Å². The summed E-state index contributed by atoms with van der Waals surface area (Å²) < 4.78 is 1.58. The van der Waals surface area contributed by atoms with Gasteiger partial charge >= 0.3 is 0 Å². The molecule has 1 aromatic heterocycles. The molecule has 0 saturated heterocycles. The highest BCUT2D eigenvalue weighted by Gasteiger charge is 2.01. The van der Waals surface area contributed by atoms with E-state index >= 15 is 0 Å². The fourth-order valence-electron chi connectivity index (χ4n) is 1.37. The van der Waals surface area contributed by atoms with E-state index in [4.69, 9.17) is 0 Å². The zero-order valence-corrected chi connectivity index (χ0v) is 8.45. The van der Waals surface area contributed by atoms with Gasteiger partial charge in [-0.2, -0.15) is 12.6 Å². The van der Waals surface area contributed by atoms with E-state index in [2.05, 4.69) is 17.6 Å². The summed E-state index contributed by atoms with van der Waals surface area (Å²) in [6.07, 6.45) is 1.57. The van der Waals surface area contributed by atoms with Crippen molar-refractivity contribution in [1.82, 2.24) is 9.55 Å². The van der Waals surface area contributed by atoms with Crippen LogP contribution in [0.3, 0.4) is 0 Å². The lowest BCUT2D eigenvalue weighted by Gasteiger charge is -2.03. The average Bonchev–Trinajstić information content (AvgIpc) is 2.23. The minimum atomic E-state index is 0.00431. The molecule has 0 saturated carbocycles. The highest BCUT2D eigenvalue weighted by atomic mass is 32.1. The van der Waals surface area contributed by atoms with Crippen LogP contribution in [0, 0.1) is 0 Å². The fourth-order valence-corrected chi connectivity index (χ4v) is 1.59. The van der Waals surface area contributed by atoms with E-state index in [1.807, 2.05) is 18.2 Å². The summed E-state index contributed by atoms with van der Waals surface area (Å²) in [5.74, 6) is 0.639. The van der Waals surface area contributed by atoms with Gasteiger partial charge in [0.1, 0.15) is 0 Å². The van der Waals surface area contributed by atoms with Crippen molar-refractivity contribution in [1.29, 1.82) is 0 Å². The normalized spacial score (nSPS) is 10.6. The maximum Gasteiger partial charge on any atom is 0.261 e. The first-order chi connectivity index (χ1) is 6.83. The number of benzene rings is 1. The third-order valence-electron chi connectivity index (χ3n) is 2.07. The second-order valence-electron chi connectivity index (χ2n) is 2.98. The van der Waals surface area contributed by atoms with Gasteiger partial charge in [-0.3, -0.25) is 9.36 Å². The van der Waals surface area contributed by atoms with Crippen molar-refractivity contribution in [2.75, 3.05) is 5.75 Å². The summed E-state index contributed by atoms with van der Waals surface area (Å²) in [6.45, 7) is 0.597. The van der Waals surface area contributed by atoms with E-state index in [1.54, 1.807) is 17.0 Å². The maximum atomic E-state index is 11.8. The molecule has 1 aromatic carbocycles. The molecule has 0 bridgehead atoms. The predicted octanol–water partition coefficient (Wildman–Crippen LogP) is 1.33. The molecule has 14 heavy (non-hydrogen) atoms. The summed E-state index contributed by atoms with van der Waals surface area (Å²) >= 11 is 4.09. The lowest BCUT2D eigenvalue weighted by Crippen LogP contribution is -2.21. The quantitative estimate of drug-likeness (QED) is 0.752. The Morgan fingerprint density at radius 2 is 2.14 bits per heavy atom. The number of aromatic nitrogens is 2. The number of rotatable bonds is 2. The molecular formula is C10H10N2OS. The number of para-hydroxylation sites is 1. The van der Waals surface area contributed by atoms with Crippen molar-refractivity contribution < 1.29 is 0 Å². The van der Waals surface area contributed by atoms with Gasteiger partial charge in [-0.1, -0.05) is 12.1 Å². The largest absolute Gasteiger partial charge is 0.298 e. The van der Waals surface area contributed by atoms with Crippen molar-refractivity contribution in [3.05, 3.63) is 40.9 Å². The van der Waals surface area contributed by atoms with Crippen LogP contribution in [0.25, 0.3) is 10.9 Å². The Morgan fingerprint density at radius 3 is 2.93 bits per heavy atom. The molecule has 2 aromatic rings. The van der Waals surface area contributed by atoms with Gasteiger partial charge in [0.05, 0.1) is 17.2 Å². The van der Waals surface area contributed by atoms with Crippen LogP contribution in [0.4, 0.5) is 0 Å². The van der Waals surface area contributed by atoms with E-state index in [-0.39, 0.29) is 5.56 Å². The molecule has 0 fully saturated rings. The zero-order valence-electron chi connectivity index (χ0n) is 7.55.